The minimum atomic E-state index is -4.75. The van der Waals surface area contributed by atoms with Crippen molar-refractivity contribution in [1.29, 1.82) is 0 Å². The quantitative estimate of drug-likeness (QED) is 0.565. The Morgan fingerprint density at radius 2 is 1.84 bits per heavy atom. The van der Waals surface area contributed by atoms with Gasteiger partial charge in [0.25, 0.3) is 0 Å². The Kier molecular flexibility index (Phi) is 5.61. The highest BCUT2D eigenvalue weighted by molar-refractivity contribution is 6.03. The first-order valence-electron chi connectivity index (χ1n) is 9.08. The molecule has 31 heavy (non-hydrogen) atoms. The SMILES string of the molecule is [C-]#[N+]c1ccc(CC(=O)[C@@](C)(O)Cn2cc(C(=O)O)c3ccccc32)cc1C(F)(F)F. The normalized spacial score (nSPS) is 13.5. The number of hydrogen-bond donors (Lipinski definition) is 2. The summed E-state index contributed by atoms with van der Waals surface area (Å²) in [4.78, 5) is 27.0. The van der Waals surface area contributed by atoms with Gasteiger partial charge in [0.1, 0.15) is 5.60 Å². The molecule has 0 amide bonds. The van der Waals surface area contributed by atoms with Crippen molar-refractivity contribution < 1.29 is 33.0 Å². The molecule has 9 heteroatoms. The fraction of sp³-hybridized carbons (Fsp3) is 0.227. The van der Waals surface area contributed by atoms with E-state index in [1.165, 1.54) is 23.8 Å². The van der Waals surface area contributed by atoms with Gasteiger partial charge in [-0.3, -0.25) is 4.79 Å². The standard InChI is InChI=1S/C22H17F3N2O4/c1-21(31,12-27-11-15(20(29)30)14-5-3-4-6-18(14)27)19(28)10-13-7-8-17(26-2)16(9-13)22(23,24)25/h3-9,11,31H,10,12H2,1H3,(H,29,30)/t21-/m0/s1. The summed E-state index contributed by atoms with van der Waals surface area (Å²) in [7, 11) is 0. The molecule has 0 radical (unpaired) electrons. The summed E-state index contributed by atoms with van der Waals surface area (Å²) in [6.07, 6.45) is -3.93. The number of carbonyl (C=O) groups is 2. The number of aliphatic hydroxyl groups is 1. The van der Waals surface area contributed by atoms with Gasteiger partial charge in [-0.05, 0) is 18.6 Å². The number of nitrogens with zero attached hydrogens (tertiary/aromatic N) is 2. The van der Waals surface area contributed by atoms with E-state index in [-0.39, 0.29) is 17.7 Å². The van der Waals surface area contributed by atoms with Crippen LogP contribution in [-0.2, 0) is 23.9 Å². The lowest BCUT2D eigenvalue weighted by molar-refractivity contribution is -0.138. The van der Waals surface area contributed by atoms with Crippen molar-refractivity contribution >= 4 is 28.3 Å². The van der Waals surface area contributed by atoms with Gasteiger partial charge < -0.3 is 14.8 Å². The maximum atomic E-state index is 13.2. The second-order valence-electron chi connectivity index (χ2n) is 7.33. The average molecular weight is 430 g/mol. The third kappa shape index (κ3) is 4.44. The minimum Gasteiger partial charge on any atom is -0.478 e. The number of carboxylic acid groups (broad SMARTS) is 1. The second kappa shape index (κ2) is 7.89. The molecule has 0 saturated carbocycles. The zero-order chi connectivity index (χ0) is 23.0. The molecule has 0 aliphatic rings. The Morgan fingerprint density at radius 3 is 2.45 bits per heavy atom. The maximum absolute atomic E-state index is 13.2. The topological polar surface area (TPSA) is 83.9 Å². The molecule has 1 heterocycles. The first kappa shape index (κ1) is 22.1. The number of halogens is 3. The molecule has 2 aromatic carbocycles. The van der Waals surface area contributed by atoms with Gasteiger partial charge in [-0.1, -0.05) is 36.4 Å². The highest BCUT2D eigenvalue weighted by atomic mass is 19.4. The van der Waals surface area contributed by atoms with Crippen LogP contribution in [0.15, 0.2) is 48.7 Å². The average Bonchev–Trinajstić information content (AvgIpc) is 3.05. The lowest BCUT2D eigenvalue weighted by Crippen LogP contribution is -2.40. The van der Waals surface area contributed by atoms with E-state index in [4.69, 9.17) is 6.57 Å². The van der Waals surface area contributed by atoms with Crippen LogP contribution in [0.2, 0.25) is 0 Å². The number of carboxylic acids is 1. The van der Waals surface area contributed by atoms with E-state index in [0.717, 1.165) is 12.1 Å². The van der Waals surface area contributed by atoms with Gasteiger partial charge in [-0.2, -0.15) is 13.2 Å². The molecule has 1 aromatic heterocycles. The van der Waals surface area contributed by atoms with E-state index in [2.05, 4.69) is 4.85 Å². The molecule has 0 spiro atoms. The van der Waals surface area contributed by atoms with Gasteiger partial charge in [-0.25, -0.2) is 9.64 Å². The number of rotatable bonds is 6. The number of alkyl halides is 3. The highest BCUT2D eigenvalue weighted by Gasteiger charge is 2.35. The monoisotopic (exact) mass is 430 g/mol. The van der Waals surface area contributed by atoms with Gasteiger partial charge in [-0.15, -0.1) is 0 Å². The van der Waals surface area contributed by atoms with Gasteiger partial charge in [0, 0.05) is 23.5 Å². The van der Waals surface area contributed by atoms with Crippen molar-refractivity contribution in [2.75, 3.05) is 0 Å². The van der Waals surface area contributed by atoms with Crippen molar-refractivity contribution in [1.82, 2.24) is 4.57 Å². The largest absolute Gasteiger partial charge is 0.478 e. The van der Waals surface area contributed by atoms with Crippen LogP contribution in [0.25, 0.3) is 15.7 Å². The molecule has 0 fully saturated rings. The van der Waals surface area contributed by atoms with Crippen LogP contribution in [0.5, 0.6) is 0 Å². The first-order chi connectivity index (χ1) is 14.4. The summed E-state index contributed by atoms with van der Waals surface area (Å²) in [5.74, 6) is -1.91. The van der Waals surface area contributed by atoms with Crippen molar-refractivity contribution in [3.63, 3.8) is 0 Å². The van der Waals surface area contributed by atoms with Gasteiger partial charge in [0.2, 0.25) is 0 Å². The van der Waals surface area contributed by atoms with E-state index in [0.29, 0.717) is 10.9 Å². The number of Topliss-reactive ketones (excluding diaryl/α,β-unsaturated/α-hetero) is 1. The third-order valence-electron chi connectivity index (χ3n) is 4.95. The third-order valence-corrected chi connectivity index (χ3v) is 4.95. The molecule has 0 bridgehead atoms. The number of aromatic nitrogens is 1. The van der Waals surface area contributed by atoms with Crippen LogP contribution in [0.1, 0.15) is 28.4 Å². The number of para-hydroxylation sites is 1. The van der Waals surface area contributed by atoms with E-state index in [9.17, 15) is 33.0 Å². The van der Waals surface area contributed by atoms with Crippen molar-refractivity contribution in [3.8, 4) is 0 Å². The molecular weight excluding hydrogens is 413 g/mol. The molecule has 0 saturated heterocycles. The summed E-state index contributed by atoms with van der Waals surface area (Å²) >= 11 is 0. The van der Waals surface area contributed by atoms with Crippen molar-refractivity contribution in [2.24, 2.45) is 0 Å². The van der Waals surface area contributed by atoms with Crippen LogP contribution in [0.3, 0.4) is 0 Å². The minimum absolute atomic E-state index is 0.00315. The molecule has 3 rings (SSSR count). The smallest absolute Gasteiger partial charge is 0.407 e. The van der Waals surface area contributed by atoms with Gasteiger partial charge in [0.15, 0.2) is 11.5 Å². The van der Waals surface area contributed by atoms with Crippen molar-refractivity contribution in [3.05, 3.63) is 76.8 Å². The lowest BCUT2D eigenvalue weighted by Gasteiger charge is -2.23. The molecule has 0 unspecified atom stereocenters. The van der Waals surface area contributed by atoms with Crippen LogP contribution in [0, 0.1) is 6.57 Å². The summed E-state index contributed by atoms with van der Waals surface area (Å²) in [6, 6.07) is 9.54. The summed E-state index contributed by atoms with van der Waals surface area (Å²) in [6.45, 7) is 7.81. The predicted octanol–water partition coefficient (Wildman–Crippen LogP) is 4.47. The van der Waals surface area contributed by atoms with Crippen LogP contribution in [0.4, 0.5) is 18.9 Å². The Bertz CT molecular complexity index is 1220. The zero-order valence-corrected chi connectivity index (χ0v) is 16.3. The van der Waals surface area contributed by atoms with Crippen LogP contribution < -0.4 is 0 Å². The number of carbonyl (C=O) groups excluding carboxylic acids is 1. The molecule has 160 valence electrons. The maximum Gasteiger partial charge on any atom is 0.407 e. The molecule has 0 aliphatic heterocycles. The first-order valence-corrected chi connectivity index (χ1v) is 9.08. The number of aromatic carboxylic acids is 1. The molecule has 3 aromatic rings. The Morgan fingerprint density at radius 1 is 1.16 bits per heavy atom. The summed E-state index contributed by atoms with van der Waals surface area (Å²) in [5, 5.41) is 20.6. The molecule has 0 aliphatic carbocycles. The second-order valence-corrected chi connectivity index (χ2v) is 7.33. The summed E-state index contributed by atoms with van der Waals surface area (Å²) < 4.78 is 40.9. The highest BCUT2D eigenvalue weighted by Crippen LogP contribution is 2.37. The van der Waals surface area contributed by atoms with E-state index >= 15 is 0 Å². The Balaban J connectivity index is 1.89. The Hall–Kier alpha value is -3.64. The molecular formula is C22H17F3N2O4. The molecule has 6 nitrogen and oxygen atoms in total. The molecule has 1 atom stereocenters. The summed E-state index contributed by atoms with van der Waals surface area (Å²) in [5.41, 5.74) is -3.19. The van der Waals surface area contributed by atoms with E-state index in [1.807, 2.05) is 0 Å². The van der Waals surface area contributed by atoms with Crippen LogP contribution >= 0.6 is 0 Å². The number of ketones is 1. The predicted molar refractivity (Wildman–Crippen MR) is 106 cm³/mol. The zero-order valence-electron chi connectivity index (χ0n) is 16.3. The van der Waals surface area contributed by atoms with E-state index < -0.39 is 41.2 Å². The lowest BCUT2D eigenvalue weighted by atomic mass is 9.94. The Labute approximate surface area is 175 Å². The van der Waals surface area contributed by atoms with Crippen LogP contribution in [-0.4, -0.2) is 32.1 Å². The fourth-order valence-corrected chi connectivity index (χ4v) is 3.36. The fourth-order valence-electron chi connectivity index (χ4n) is 3.36. The number of benzene rings is 2. The number of hydrogen-bond acceptors (Lipinski definition) is 3. The molecule has 2 N–H and O–H groups in total. The number of fused-ring (bicyclic) bond motifs is 1. The van der Waals surface area contributed by atoms with Gasteiger partial charge in [0.05, 0.1) is 24.2 Å². The van der Waals surface area contributed by atoms with E-state index in [1.54, 1.807) is 24.3 Å². The van der Waals surface area contributed by atoms with Gasteiger partial charge >= 0.3 is 12.1 Å². The van der Waals surface area contributed by atoms with Crippen molar-refractivity contribution in [2.45, 2.75) is 31.7 Å².